The minimum Gasteiger partial charge on any atom is -0.369 e. The number of sulfonamides is 1. The van der Waals surface area contributed by atoms with E-state index in [1.54, 1.807) is 0 Å². The van der Waals surface area contributed by atoms with Gasteiger partial charge in [-0.15, -0.1) is 4.40 Å². The highest BCUT2D eigenvalue weighted by Gasteiger charge is 2.25. The van der Waals surface area contributed by atoms with E-state index < -0.39 is 26.2 Å². The zero-order chi connectivity index (χ0) is 10.9. The first-order valence-electron chi connectivity index (χ1n) is 2.87. The lowest BCUT2D eigenvalue weighted by atomic mass is 11.1. The SMILES string of the molecule is CN(S(C)(=O)=O)S(=O)(=O)N=C(N)N. The Hall–Kier alpha value is -0.870. The van der Waals surface area contributed by atoms with Crippen LogP contribution in [-0.2, 0) is 20.2 Å². The smallest absolute Gasteiger partial charge is 0.338 e. The van der Waals surface area contributed by atoms with Crippen LogP contribution in [0.15, 0.2) is 4.40 Å². The zero-order valence-electron chi connectivity index (χ0n) is 7.00. The van der Waals surface area contributed by atoms with Crippen molar-refractivity contribution in [1.29, 1.82) is 0 Å². The molecule has 4 N–H and O–H groups in total. The fraction of sp³-hybridized carbons (Fsp3) is 0.667. The Morgan fingerprint density at radius 2 is 1.62 bits per heavy atom. The first-order chi connectivity index (χ1) is 5.57. The maximum atomic E-state index is 11.0. The van der Waals surface area contributed by atoms with E-state index in [0.29, 0.717) is 6.26 Å². The van der Waals surface area contributed by atoms with Crippen molar-refractivity contribution in [3.8, 4) is 0 Å². The van der Waals surface area contributed by atoms with Gasteiger partial charge in [0.2, 0.25) is 16.0 Å². The first-order valence-corrected chi connectivity index (χ1v) is 6.12. The van der Waals surface area contributed by atoms with E-state index in [1.165, 1.54) is 0 Å². The van der Waals surface area contributed by atoms with Crippen molar-refractivity contribution in [3.05, 3.63) is 0 Å². The number of nitrogens with two attached hydrogens (primary N) is 2. The van der Waals surface area contributed by atoms with Gasteiger partial charge in [0.25, 0.3) is 0 Å². The number of hydrogen-bond acceptors (Lipinski definition) is 4. The summed E-state index contributed by atoms with van der Waals surface area (Å²) in [4.78, 5) is 0. The molecule has 78 valence electrons. The Kier molecular flexibility index (Phi) is 3.24. The third-order valence-electron chi connectivity index (χ3n) is 1.01. The Labute approximate surface area is 76.5 Å². The molecule has 0 aromatic heterocycles. The second kappa shape index (κ2) is 3.47. The average Bonchev–Trinajstić information content (AvgIpc) is 1.80. The molecular formula is C3H10N4O4S2. The molecule has 13 heavy (non-hydrogen) atoms. The summed E-state index contributed by atoms with van der Waals surface area (Å²) in [5.41, 5.74) is 9.57. The van der Waals surface area contributed by atoms with E-state index >= 15 is 0 Å². The molecule has 0 unspecified atom stereocenters. The lowest BCUT2D eigenvalue weighted by Crippen LogP contribution is -2.34. The molecule has 0 saturated carbocycles. The number of rotatable bonds is 3. The lowest BCUT2D eigenvalue weighted by molar-refractivity contribution is 0.531. The third kappa shape index (κ3) is 3.57. The Balaban J connectivity index is 5.24. The fourth-order valence-corrected chi connectivity index (χ4v) is 2.21. The van der Waals surface area contributed by atoms with Crippen LogP contribution in [0.1, 0.15) is 0 Å². The van der Waals surface area contributed by atoms with Gasteiger partial charge in [0.1, 0.15) is 0 Å². The van der Waals surface area contributed by atoms with Crippen molar-refractivity contribution in [1.82, 2.24) is 3.71 Å². The summed E-state index contributed by atoms with van der Waals surface area (Å²) in [7, 11) is -7.38. The van der Waals surface area contributed by atoms with E-state index in [9.17, 15) is 16.8 Å². The van der Waals surface area contributed by atoms with Crippen molar-refractivity contribution in [2.24, 2.45) is 15.9 Å². The largest absolute Gasteiger partial charge is 0.369 e. The molecule has 8 nitrogen and oxygen atoms in total. The standard InChI is InChI=1S/C3H10N4O4S2/c1-7(12(2,8)9)13(10,11)6-3(4)5/h1-2H3,(H4,4,5,6). The molecule has 0 aliphatic rings. The summed E-state index contributed by atoms with van der Waals surface area (Å²) in [6.45, 7) is 0. The van der Waals surface area contributed by atoms with E-state index in [4.69, 9.17) is 11.5 Å². The molecule has 0 saturated heterocycles. The van der Waals surface area contributed by atoms with Gasteiger partial charge in [-0.1, -0.05) is 3.71 Å². The molecule has 0 aliphatic carbocycles. The Morgan fingerprint density at radius 1 is 1.23 bits per heavy atom. The van der Waals surface area contributed by atoms with Crippen LogP contribution in [0, 0.1) is 0 Å². The average molecular weight is 230 g/mol. The molecule has 0 atom stereocenters. The molecule has 0 rings (SSSR count). The van der Waals surface area contributed by atoms with E-state index in [-0.39, 0.29) is 3.71 Å². The van der Waals surface area contributed by atoms with Crippen LogP contribution < -0.4 is 11.5 Å². The molecule has 0 amide bonds. The summed E-state index contributed by atoms with van der Waals surface area (Å²) < 4.78 is 46.3. The van der Waals surface area contributed by atoms with E-state index in [1.807, 2.05) is 0 Å². The zero-order valence-corrected chi connectivity index (χ0v) is 8.63. The van der Waals surface area contributed by atoms with Gasteiger partial charge in [-0.05, 0) is 0 Å². The van der Waals surface area contributed by atoms with E-state index in [2.05, 4.69) is 4.40 Å². The normalized spacial score (nSPS) is 12.8. The fourth-order valence-electron chi connectivity index (χ4n) is 0.362. The van der Waals surface area contributed by atoms with Crippen LogP contribution in [0.5, 0.6) is 0 Å². The number of hydrogen-bond donors (Lipinski definition) is 2. The minimum absolute atomic E-state index is 0.0692. The predicted molar refractivity (Wildman–Crippen MR) is 47.3 cm³/mol. The summed E-state index contributed by atoms with van der Waals surface area (Å²) in [5.74, 6) is -0.726. The molecule has 0 aliphatic heterocycles. The Morgan fingerprint density at radius 3 is 1.85 bits per heavy atom. The molecule has 0 fully saturated rings. The maximum Gasteiger partial charge on any atom is 0.338 e. The highest BCUT2D eigenvalue weighted by atomic mass is 32.3. The quantitative estimate of drug-likeness (QED) is 0.403. The van der Waals surface area contributed by atoms with Gasteiger partial charge in [0.15, 0.2) is 0 Å². The lowest BCUT2D eigenvalue weighted by Gasteiger charge is -2.10. The van der Waals surface area contributed by atoms with Crippen molar-refractivity contribution in [3.63, 3.8) is 0 Å². The van der Waals surface area contributed by atoms with Crippen LogP contribution in [-0.4, -0.2) is 39.8 Å². The minimum atomic E-state index is -4.33. The van der Waals surface area contributed by atoms with E-state index in [0.717, 1.165) is 7.05 Å². The highest BCUT2D eigenvalue weighted by Crippen LogP contribution is 2.04. The second-order valence-corrected chi connectivity index (χ2v) is 6.01. The van der Waals surface area contributed by atoms with Gasteiger partial charge in [0, 0.05) is 7.05 Å². The topological polar surface area (TPSA) is 136 Å². The molecule has 0 radical (unpaired) electrons. The van der Waals surface area contributed by atoms with Crippen LogP contribution in [0.4, 0.5) is 0 Å². The van der Waals surface area contributed by atoms with Gasteiger partial charge in [0.05, 0.1) is 6.26 Å². The molecule has 0 spiro atoms. The van der Waals surface area contributed by atoms with Gasteiger partial charge >= 0.3 is 10.2 Å². The predicted octanol–water partition coefficient (Wildman–Crippen LogP) is -2.60. The monoisotopic (exact) mass is 230 g/mol. The molecular weight excluding hydrogens is 220 g/mol. The number of nitrogens with zero attached hydrogens (tertiary/aromatic N) is 2. The van der Waals surface area contributed by atoms with Gasteiger partial charge in [-0.2, -0.15) is 8.42 Å². The molecule has 0 aromatic rings. The van der Waals surface area contributed by atoms with Crippen LogP contribution >= 0.6 is 0 Å². The van der Waals surface area contributed by atoms with Crippen LogP contribution in [0.3, 0.4) is 0 Å². The van der Waals surface area contributed by atoms with Gasteiger partial charge in [-0.25, -0.2) is 8.42 Å². The van der Waals surface area contributed by atoms with Crippen molar-refractivity contribution >= 4 is 26.2 Å². The maximum absolute atomic E-state index is 11.0. The van der Waals surface area contributed by atoms with Crippen molar-refractivity contribution in [2.75, 3.05) is 13.3 Å². The van der Waals surface area contributed by atoms with Crippen molar-refractivity contribution in [2.45, 2.75) is 0 Å². The summed E-state index contributed by atoms with van der Waals surface area (Å²) in [6, 6.07) is 0. The second-order valence-electron chi connectivity index (χ2n) is 2.14. The molecule has 0 heterocycles. The van der Waals surface area contributed by atoms with Gasteiger partial charge < -0.3 is 11.5 Å². The van der Waals surface area contributed by atoms with Crippen LogP contribution in [0.25, 0.3) is 0 Å². The molecule has 0 bridgehead atoms. The summed E-state index contributed by atoms with van der Waals surface area (Å²) in [6.07, 6.45) is 0.715. The van der Waals surface area contributed by atoms with Gasteiger partial charge in [-0.3, -0.25) is 0 Å². The highest BCUT2D eigenvalue weighted by molar-refractivity contribution is 8.03. The van der Waals surface area contributed by atoms with Crippen LogP contribution in [0.2, 0.25) is 0 Å². The van der Waals surface area contributed by atoms with Crippen molar-refractivity contribution < 1.29 is 16.8 Å². The Bertz CT molecular complexity index is 403. The summed E-state index contributed by atoms with van der Waals surface area (Å²) >= 11 is 0. The molecule has 0 aromatic carbocycles. The third-order valence-corrected chi connectivity index (χ3v) is 4.42. The first kappa shape index (κ1) is 12.1. The number of guanidine groups is 1. The molecule has 10 heteroatoms. The summed E-state index contributed by atoms with van der Waals surface area (Å²) in [5, 5.41) is 0.